The van der Waals surface area contributed by atoms with E-state index in [1.807, 2.05) is 0 Å². The number of anilines is 1. The molecule has 4 amide bonds. The molecular weight excluding hydrogens is 378 g/mol. The minimum atomic E-state index is -0.862. The van der Waals surface area contributed by atoms with Crippen LogP contribution in [0.2, 0.25) is 0 Å². The zero-order valence-corrected chi connectivity index (χ0v) is 16.1. The lowest BCUT2D eigenvalue weighted by atomic mass is 9.86. The Bertz CT molecular complexity index is 852. The van der Waals surface area contributed by atoms with Crippen LogP contribution >= 0.6 is 0 Å². The first kappa shape index (κ1) is 20.5. The van der Waals surface area contributed by atoms with Gasteiger partial charge in [0.05, 0.1) is 11.3 Å². The molecule has 1 aromatic carbocycles. The van der Waals surface area contributed by atoms with Crippen LogP contribution in [0, 0.1) is 5.92 Å². The molecule has 2 N–H and O–H groups in total. The number of para-hydroxylation sites is 1. The van der Waals surface area contributed by atoms with Gasteiger partial charge < -0.3 is 10.1 Å². The molecule has 1 aliphatic heterocycles. The molecule has 0 saturated heterocycles. The lowest BCUT2D eigenvalue weighted by molar-refractivity contribution is -0.147. The summed E-state index contributed by atoms with van der Waals surface area (Å²) in [6.45, 7) is 0.890. The highest BCUT2D eigenvalue weighted by Crippen LogP contribution is 2.28. The summed E-state index contributed by atoms with van der Waals surface area (Å²) in [6, 6.07) is 5.70. The number of ether oxygens (including phenoxy) is 1. The number of nitrogens with one attached hydrogen (secondary N) is 2. The molecule has 154 valence electrons. The Morgan fingerprint density at radius 1 is 1.14 bits per heavy atom. The van der Waals surface area contributed by atoms with Gasteiger partial charge in [0.2, 0.25) is 0 Å². The van der Waals surface area contributed by atoms with Crippen molar-refractivity contribution in [3.8, 4) is 0 Å². The van der Waals surface area contributed by atoms with Crippen molar-refractivity contribution in [3.63, 3.8) is 0 Å². The number of urea groups is 1. The predicted molar refractivity (Wildman–Crippen MR) is 102 cm³/mol. The van der Waals surface area contributed by atoms with E-state index in [1.54, 1.807) is 18.2 Å². The Kier molecular flexibility index (Phi) is 6.26. The number of esters is 1. The van der Waals surface area contributed by atoms with Crippen LogP contribution in [0.5, 0.6) is 0 Å². The number of nitrogens with zero attached hydrogens (tertiary/aromatic N) is 1. The van der Waals surface area contributed by atoms with Crippen molar-refractivity contribution < 1.29 is 28.7 Å². The number of carbonyl (C=O) groups is 5. The zero-order chi connectivity index (χ0) is 21.0. The van der Waals surface area contributed by atoms with Gasteiger partial charge in [0.15, 0.2) is 6.61 Å². The van der Waals surface area contributed by atoms with Crippen molar-refractivity contribution in [1.82, 2.24) is 10.6 Å². The minimum absolute atomic E-state index is 0.0119. The molecule has 0 spiro atoms. The molecule has 2 aliphatic rings. The number of rotatable bonds is 5. The second-order valence-corrected chi connectivity index (χ2v) is 7.29. The Balaban J connectivity index is 1.44. The molecule has 3 rings (SSSR count). The van der Waals surface area contributed by atoms with E-state index in [1.165, 1.54) is 6.07 Å². The Hall–Kier alpha value is -3.23. The molecule has 29 heavy (non-hydrogen) atoms. The molecule has 1 aromatic rings. The normalized spacial score (nSPS) is 20.8. The SMILES string of the molecule is C[C@H]1CCCC[C@H]1NC(=O)NC(=O)COC(=O)CN1C(=O)C(=O)c2ccccc21. The van der Waals surface area contributed by atoms with Gasteiger partial charge in [-0.2, -0.15) is 0 Å². The van der Waals surface area contributed by atoms with E-state index in [9.17, 15) is 24.0 Å². The van der Waals surface area contributed by atoms with Gasteiger partial charge in [-0.05, 0) is 30.9 Å². The summed E-state index contributed by atoms with van der Waals surface area (Å²) in [5, 5.41) is 4.89. The van der Waals surface area contributed by atoms with Gasteiger partial charge in [0.25, 0.3) is 17.6 Å². The molecule has 1 aliphatic carbocycles. The van der Waals surface area contributed by atoms with Crippen LogP contribution in [0.25, 0.3) is 0 Å². The molecular formula is C20H23N3O6. The first-order valence-electron chi connectivity index (χ1n) is 9.58. The third kappa shape index (κ3) is 4.79. The number of hydrogen-bond donors (Lipinski definition) is 2. The van der Waals surface area contributed by atoms with Crippen molar-refractivity contribution in [2.75, 3.05) is 18.1 Å². The maximum Gasteiger partial charge on any atom is 0.326 e. The van der Waals surface area contributed by atoms with Crippen molar-refractivity contribution >= 4 is 35.3 Å². The predicted octanol–water partition coefficient (Wildman–Crippen LogP) is 1.16. The van der Waals surface area contributed by atoms with Crippen LogP contribution in [0.4, 0.5) is 10.5 Å². The number of amides is 4. The Morgan fingerprint density at radius 2 is 1.86 bits per heavy atom. The topological polar surface area (TPSA) is 122 Å². The van der Waals surface area contributed by atoms with Crippen molar-refractivity contribution in [1.29, 1.82) is 0 Å². The van der Waals surface area contributed by atoms with Gasteiger partial charge in [-0.3, -0.25) is 29.4 Å². The van der Waals surface area contributed by atoms with Crippen LogP contribution in [0.1, 0.15) is 43.0 Å². The fraction of sp³-hybridized carbons (Fsp3) is 0.450. The van der Waals surface area contributed by atoms with E-state index in [4.69, 9.17) is 4.74 Å². The van der Waals surface area contributed by atoms with Crippen LogP contribution in [0.15, 0.2) is 24.3 Å². The van der Waals surface area contributed by atoms with Gasteiger partial charge >= 0.3 is 12.0 Å². The van der Waals surface area contributed by atoms with Crippen LogP contribution < -0.4 is 15.5 Å². The van der Waals surface area contributed by atoms with E-state index in [0.717, 1.165) is 30.6 Å². The van der Waals surface area contributed by atoms with E-state index in [0.29, 0.717) is 11.6 Å². The highest BCUT2D eigenvalue weighted by Gasteiger charge is 2.36. The standard InChI is InChI=1S/C20H23N3O6/c1-12-6-2-4-8-14(12)21-20(28)22-16(24)11-29-17(25)10-23-15-9-5-3-7-13(15)18(26)19(23)27/h3,5,7,9,12,14H,2,4,6,8,10-11H2,1H3,(H2,21,22,24,28)/t12-,14+/m0/s1. The third-order valence-corrected chi connectivity index (χ3v) is 5.21. The molecule has 2 atom stereocenters. The van der Waals surface area contributed by atoms with E-state index < -0.39 is 42.7 Å². The summed E-state index contributed by atoms with van der Waals surface area (Å²) in [6.07, 6.45) is 4.05. The minimum Gasteiger partial charge on any atom is -0.454 e. The second kappa shape index (κ2) is 8.85. The van der Waals surface area contributed by atoms with Crippen LogP contribution in [0.3, 0.4) is 0 Å². The lowest BCUT2D eigenvalue weighted by Gasteiger charge is -2.29. The van der Waals surface area contributed by atoms with E-state index in [2.05, 4.69) is 17.6 Å². The number of fused-ring (bicyclic) bond motifs is 1. The van der Waals surface area contributed by atoms with Crippen molar-refractivity contribution in [2.45, 2.75) is 38.6 Å². The monoisotopic (exact) mass is 401 g/mol. The van der Waals surface area contributed by atoms with Crippen molar-refractivity contribution in [3.05, 3.63) is 29.8 Å². The van der Waals surface area contributed by atoms with Crippen LogP contribution in [-0.2, 0) is 19.1 Å². The summed E-state index contributed by atoms with van der Waals surface area (Å²) in [4.78, 5) is 60.7. The summed E-state index contributed by atoms with van der Waals surface area (Å²) in [7, 11) is 0. The molecule has 0 radical (unpaired) electrons. The average molecular weight is 401 g/mol. The first-order chi connectivity index (χ1) is 13.9. The van der Waals surface area contributed by atoms with Gasteiger partial charge in [0, 0.05) is 6.04 Å². The van der Waals surface area contributed by atoms with Crippen LogP contribution in [-0.4, -0.2) is 48.8 Å². The zero-order valence-electron chi connectivity index (χ0n) is 16.1. The molecule has 9 heteroatoms. The first-order valence-corrected chi connectivity index (χ1v) is 9.58. The lowest BCUT2D eigenvalue weighted by Crippen LogP contribution is -2.48. The number of ketones is 1. The average Bonchev–Trinajstić information content (AvgIpc) is 2.93. The highest BCUT2D eigenvalue weighted by molar-refractivity contribution is 6.52. The number of hydrogen-bond acceptors (Lipinski definition) is 6. The summed E-state index contributed by atoms with van der Waals surface area (Å²) >= 11 is 0. The number of imide groups is 1. The number of benzene rings is 1. The van der Waals surface area contributed by atoms with E-state index >= 15 is 0 Å². The molecule has 9 nitrogen and oxygen atoms in total. The summed E-state index contributed by atoms with van der Waals surface area (Å²) < 4.78 is 4.84. The van der Waals surface area contributed by atoms with Gasteiger partial charge in [0.1, 0.15) is 6.54 Å². The quantitative estimate of drug-likeness (QED) is 0.564. The van der Waals surface area contributed by atoms with Crippen molar-refractivity contribution in [2.24, 2.45) is 5.92 Å². The van der Waals surface area contributed by atoms with Gasteiger partial charge in [-0.1, -0.05) is 31.9 Å². The molecule has 0 unspecified atom stereocenters. The van der Waals surface area contributed by atoms with Gasteiger partial charge in [-0.25, -0.2) is 4.79 Å². The smallest absolute Gasteiger partial charge is 0.326 e. The summed E-state index contributed by atoms with van der Waals surface area (Å²) in [5.74, 6) is -2.82. The maximum absolute atomic E-state index is 12.0. The fourth-order valence-corrected chi connectivity index (χ4v) is 3.62. The molecule has 1 heterocycles. The largest absolute Gasteiger partial charge is 0.454 e. The number of carbonyl (C=O) groups excluding carboxylic acids is 5. The highest BCUT2D eigenvalue weighted by atomic mass is 16.5. The third-order valence-electron chi connectivity index (χ3n) is 5.21. The molecule has 1 fully saturated rings. The van der Waals surface area contributed by atoms with Gasteiger partial charge in [-0.15, -0.1) is 0 Å². The molecule has 0 bridgehead atoms. The number of Topliss-reactive ketones (excluding diaryl/α,β-unsaturated/α-hetero) is 1. The van der Waals surface area contributed by atoms with E-state index in [-0.39, 0.29) is 11.6 Å². The molecule has 1 saturated carbocycles. The fourth-order valence-electron chi connectivity index (χ4n) is 3.62. The summed E-state index contributed by atoms with van der Waals surface area (Å²) in [5.41, 5.74) is 0.543. The second-order valence-electron chi connectivity index (χ2n) is 7.29. The Morgan fingerprint density at radius 3 is 2.62 bits per heavy atom. The Labute approximate surface area is 167 Å². The maximum atomic E-state index is 12.0. The molecule has 0 aromatic heterocycles.